The fraction of sp³-hybridized carbons (Fsp3) is 0.440. The molecule has 4 rings (SSSR count). The smallest absolute Gasteiger partial charge is 0.410 e. The van der Waals surface area contributed by atoms with E-state index in [-0.39, 0.29) is 12.1 Å². The number of hydrogen-bond acceptors (Lipinski definition) is 7. The molecule has 0 unspecified atom stereocenters. The molecule has 3 heterocycles. The average Bonchev–Trinajstić information content (AvgIpc) is 3.02. The van der Waals surface area contributed by atoms with E-state index < -0.39 is 5.60 Å². The second-order valence-electron chi connectivity index (χ2n) is 9.41. The number of aromatic nitrogens is 1. The van der Waals surface area contributed by atoms with Gasteiger partial charge in [0.25, 0.3) is 0 Å². The maximum absolute atomic E-state index is 12.7. The second-order valence-corrected chi connectivity index (χ2v) is 11.9. The third-order valence-electron chi connectivity index (χ3n) is 5.87. The van der Waals surface area contributed by atoms with Crippen LogP contribution in [-0.4, -0.2) is 65.9 Å². The molecule has 36 heavy (non-hydrogen) atoms. The highest BCUT2D eigenvalue weighted by atomic mass is 127. The summed E-state index contributed by atoms with van der Waals surface area (Å²) in [4.78, 5) is 21.5. The Balaban J connectivity index is 1.72. The molecule has 2 aliphatic rings. The molecule has 2 aromatic rings. The van der Waals surface area contributed by atoms with Crippen LogP contribution in [-0.2, 0) is 11.3 Å². The lowest BCUT2D eigenvalue weighted by molar-refractivity contribution is -0.00155. The number of ether oxygens (including phenoxy) is 3. The Hall–Kier alpha value is -1.58. The molecular formula is C25H26Cl2IN3O4S. The van der Waals surface area contributed by atoms with Crippen LogP contribution < -0.4 is 9.47 Å². The molecular weight excluding hydrogens is 636 g/mol. The molecule has 192 valence electrons. The highest BCUT2D eigenvalue weighted by Crippen LogP contribution is 2.45. The number of halogens is 3. The molecule has 7 nitrogen and oxygen atoms in total. The average molecular weight is 662 g/mol. The number of carbonyl (C=O) groups is 1. The van der Waals surface area contributed by atoms with Crippen molar-refractivity contribution >= 4 is 59.4 Å². The summed E-state index contributed by atoms with van der Waals surface area (Å²) in [6, 6.07) is 5.35. The van der Waals surface area contributed by atoms with Gasteiger partial charge < -0.3 is 19.1 Å². The molecule has 1 atom stereocenters. The van der Waals surface area contributed by atoms with Crippen LogP contribution in [0.3, 0.4) is 0 Å². The fourth-order valence-electron chi connectivity index (χ4n) is 4.25. The van der Waals surface area contributed by atoms with Crippen LogP contribution in [0.5, 0.6) is 11.5 Å². The summed E-state index contributed by atoms with van der Waals surface area (Å²) in [6.45, 7) is 8.20. The number of carbonyl (C=O) groups excluding carboxylic acids is 1. The summed E-state index contributed by atoms with van der Waals surface area (Å²) in [5.74, 6) is 4.24. The molecule has 0 radical (unpaired) electrons. The summed E-state index contributed by atoms with van der Waals surface area (Å²) >= 11 is 15.6. The van der Waals surface area contributed by atoms with Crippen molar-refractivity contribution in [3.63, 3.8) is 0 Å². The van der Waals surface area contributed by atoms with Crippen molar-refractivity contribution in [1.29, 1.82) is 0 Å². The highest BCUT2D eigenvalue weighted by molar-refractivity contribution is 14.2. The number of amides is 1. The van der Waals surface area contributed by atoms with Crippen molar-refractivity contribution in [2.45, 2.75) is 39.0 Å². The van der Waals surface area contributed by atoms with Gasteiger partial charge >= 0.3 is 6.09 Å². The first-order chi connectivity index (χ1) is 17.1. The van der Waals surface area contributed by atoms with Crippen LogP contribution in [0.25, 0.3) is 11.3 Å². The molecule has 2 aliphatic heterocycles. The SMILES string of the molecule is COc1cccc(Cl)c1-c1nc(C#CSI)c2c(c1Cl)OC[C@H]1CN(C(=O)OC(C)(C)C)CCN1C2. The van der Waals surface area contributed by atoms with Crippen LogP contribution in [0.4, 0.5) is 4.79 Å². The van der Waals surface area contributed by atoms with E-state index in [2.05, 4.69) is 37.3 Å². The van der Waals surface area contributed by atoms with Crippen molar-refractivity contribution in [2.75, 3.05) is 33.4 Å². The summed E-state index contributed by atoms with van der Waals surface area (Å²) in [7, 11) is 2.95. The van der Waals surface area contributed by atoms with Crippen LogP contribution in [0.1, 0.15) is 32.0 Å². The topological polar surface area (TPSA) is 64.1 Å². The summed E-state index contributed by atoms with van der Waals surface area (Å²) in [5.41, 5.74) is 1.88. The van der Waals surface area contributed by atoms with E-state index in [4.69, 9.17) is 42.4 Å². The molecule has 1 saturated heterocycles. The third kappa shape index (κ3) is 5.94. The highest BCUT2D eigenvalue weighted by Gasteiger charge is 2.36. The largest absolute Gasteiger partial charge is 0.496 e. The molecule has 1 aromatic carbocycles. The molecule has 0 spiro atoms. The van der Waals surface area contributed by atoms with E-state index in [0.29, 0.717) is 71.3 Å². The number of nitrogens with zero attached hydrogens (tertiary/aromatic N) is 3. The number of rotatable bonds is 2. The van der Waals surface area contributed by atoms with Gasteiger partial charge in [0.1, 0.15) is 34.4 Å². The fourth-order valence-corrected chi connectivity index (χ4v) is 5.27. The van der Waals surface area contributed by atoms with Gasteiger partial charge in [0, 0.05) is 52.9 Å². The molecule has 0 bridgehead atoms. The van der Waals surface area contributed by atoms with E-state index in [0.717, 1.165) is 5.56 Å². The standard InChI is InChI=1S/C25H26Cl2IN3O4S/c1-25(2,3)35-24(32)31-10-9-30-13-16-18(8-11-36-28)29-22(20-17(26)6-5-7-19(20)33-4)21(27)23(16)34-14-15(30)12-31/h5-7,15H,9-10,12-14H2,1-4H3/t15-/m1/s1. The van der Waals surface area contributed by atoms with Crippen molar-refractivity contribution in [3.8, 4) is 33.9 Å². The zero-order valence-electron chi connectivity index (χ0n) is 20.4. The molecule has 1 aromatic heterocycles. The van der Waals surface area contributed by atoms with Gasteiger partial charge in [0.2, 0.25) is 0 Å². The normalized spacial score (nSPS) is 17.6. The Morgan fingerprint density at radius 1 is 1.31 bits per heavy atom. The first-order valence-corrected chi connectivity index (χ1v) is 15.4. The lowest BCUT2D eigenvalue weighted by atomic mass is 10.0. The second kappa shape index (κ2) is 11.4. The van der Waals surface area contributed by atoms with E-state index in [1.165, 1.54) is 8.93 Å². The number of piperazine rings is 1. The number of methoxy groups -OCH3 is 1. The lowest BCUT2D eigenvalue weighted by Crippen LogP contribution is -2.56. The van der Waals surface area contributed by atoms with Gasteiger partial charge in [-0.25, -0.2) is 9.78 Å². The monoisotopic (exact) mass is 661 g/mol. The number of benzene rings is 1. The van der Waals surface area contributed by atoms with Gasteiger partial charge in [0.15, 0.2) is 0 Å². The maximum Gasteiger partial charge on any atom is 0.410 e. The molecule has 0 N–H and O–H groups in total. The molecule has 11 heteroatoms. The molecule has 0 saturated carbocycles. The summed E-state index contributed by atoms with van der Waals surface area (Å²) < 4.78 is 17.5. The quantitative estimate of drug-likeness (QED) is 0.278. The maximum atomic E-state index is 12.7. The Morgan fingerprint density at radius 3 is 2.78 bits per heavy atom. The van der Waals surface area contributed by atoms with Gasteiger partial charge in [-0.2, -0.15) is 0 Å². The zero-order chi connectivity index (χ0) is 26.0. The third-order valence-corrected chi connectivity index (χ3v) is 7.37. The van der Waals surface area contributed by atoms with Crippen molar-refractivity contribution in [1.82, 2.24) is 14.8 Å². The minimum absolute atomic E-state index is 0.0345. The number of fused-ring (bicyclic) bond motifs is 2. The van der Waals surface area contributed by atoms with Crippen molar-refractivity contribution in [2.24, 2.45) is 0 Å². The van der Waals surface area contributed by atoms with Gasteiger partial charge in [-0.05, 0) is 53.0 Å². The Bertz CT molecular complexity index is 1230. The van der Waals surface area contributed by atoms with E-state index in [9.17, 15) is 4.79 Å². The van der Waals surface area contributed by atoms with E-state index >= 15 is 0 Å². The first kappa shape index (κ1) is 27.5. The Kier molecular flexibility index (Phi) is 8.72. The van der Waals surface area contributed by atoms with Crippen LogP contribution >= 0.6 is 53.3 Å². The first-order valence-electron chi connectivity index (χ1n) is 11.3. The van der Waals surface area contributed by atoms with Gasteiger partial charge in [-0.3, -0.25) is 4.90 Å². The van der Waals surface area contributed by atoms with Crippen LogP contribution in [0.2, 0.25) is 10.0 Å². The molecule has 0 aliphatic carbocycles. The Morgan fingerprint density at radius 2 is 2.08 bits per heavy atom. The number of pyridine rings is 1. The van der Waals surface area contributed by atoms with Crippen LogP contribution in [0.15, 0.2) is 18.2 Å². The minimum atomic E-state index is -0.552. The van der Waals surface area contributed by atoms with Crippen molar-refractivity contribution < 1.29 is 19.0 Å². The van der Waals surface area contributed by atoms with E-state index in [1.807, 2.05) is 26.8 Å². The summed E-state index contributed by atoms with van der Waals surface area (Å²) in [6.07, 6.45) is -0.317. The number of hydrogen-bond donors (Lipinski definition) is 0. The molecule has 1 amide bonds. The van der Waals surface area contributed by atoms with Gasteiger partial charge in [0.05, 0.1) is 29.4 Å². The van der Waals surface area contributed by atoms with E-state index in [1.54, 1.807) is 24.1 Å². The predicted octanol–water partition coefficient (Wildman–Crippen LogP) is 6.27. The van der Waals surface area contributed by atoms with Crippen LogP contribution in [0, 0.1) is 11.2 Å². The predicted molar refractivity (Wildman–Crippen MR) is 152 cm³/mol. The summed E-state index contributed by atoms with van der Waals surface area (Å²) in [5, 5.41) is 3.85. The zero-order valence-corrected chi connectivity index (χ0v) is 24.8. The van der Waals surface area contributed by atoms with Crippen molar-refractivity contribution in [3.05, 3.63) is 39.5 Å². The van der Waals surface area contributed by atoms with Gasteiger partial charge in [-0.15, -0.1) is 0 Å². The van der Waals surface area contributed by atoms with Gasteiger partial charge in [-0.1, -0.05) is 29.3 Å². The Labute approximate surface area is 237 Å². The minimum Gasteiger partial charge on any atom is -0.496 e. The molecule has 1 fully saturated rings. The lowest BCUT2D eigenvalue weighted by Gasteiger charge is -2.40.